The number of nitrogens with two attached hydrogens (primary N) is 1. The van der Waals surface area contributed by atoms with Crippen LogP contribution < -0.4 is 19.5 Å². The third-order valence-electron chi connectivity index (χ3n) is 4.31. The molecule has 0 fully saturated rings. The summed E-state index contributed by atoms with van der Waals surface area (Å²) in [7, 11) is 0. The minimum Gasteiger partial charge on any atom is -0.494 e. The zero-order valence-corrected chi connectivity index (χ0v) is 16.9. The van der Waals surface area contributed by atoms with E-state index < -0.39 is 6.03 Å². The first-order valence-corrected chi connectivity index (χ1v) is 9.84. The number of anilines is 1. The Morgan fingerprint density at radius 3 is 2.31 bits per heavy atom. The van der Waals surface area contributed by atoms with Crippen LogP contribution in [0.4, 0.5) is 10.5 Å². The maximum atomic E-state index is 11.2. The molecule has 3 aromatic carbocycles. The quantitative estimate of drug-likeness (QED) is 0.372. The van der Waals surface area contributed by atoms with Crippen molar-refractivity contribution in [2.24, 2.45) is 5.73 Å². The number of unbranched alkanes of at least 4 members (excludes halogenated alkanes) is 1. The molecule has 150 valence electrons. The van der Waals surface area contributed by atoms with Crippen LogP contribution in [-0.2, 0) is 0 Å². The van der Waals surface area contributed by atoms with Gasteiger partial charge in [-0.25, -0.2) is 9.10 Å². The fourth-order valence-corrected chi connectivity index (χ4v) is 2.98. The molecule has 29 heavy (non-hydrogen) atoms. The maximum absolute atomic E-state index is 11.2. The lowest BCUT2D eigenvalue weighted by molar-refractivity contribution is 0.257. The van der Waals surface area contributed by atoms with Gasteiger partial charge in [0.15, 0.2) is 0 Å². The molecule has 0 saturated heterocycles. The fraction of sp³-hybridized carbons (Fsp3) is 0.174. The van der Waals surface area contributed by atoms with E-state index in [4.69, 9.17) is 15.2 Å². The summed E-state index contributed by atoms with van der Waals surface area (Å²) < 4.78 is 12.8. The van der Waals surface area contributed by atoms with Gasteiger partial charge in [-0.2, -0.15) is 0 Å². The molecule has 0 radical (unpaired) electrons. The smallest absolute Gasteiger partial charge is 0.329 e. The van der Waals surface area contributed by atoms with E-state index in [1.165, 1.54) is 0 Å². The Morgan fingerprint density at radius 2 is 1.55 bits per heavy atom. The van der Waals surface area contributed by atoms with Crippen molar-refractivity contribution in [1.29, 1.82) is 0 Å². The van der Waals surface area contributed by atoms with E-state index in [9.17, 15) is 4.79 Å². The molecule has 3 rings (SSSR count). The van der Waals surface area contributed by atoms with Gasteiger partial charge >= 0.3 is 6.03 Å². The van der Waals surface area contributed by atoms with E-state index >= 15 is 0 Å². The predicted molar refractivity (Wildman–Crippen MR) is 120 cm³/mol. The standard InChI is InChI=1S/C23H24N2O3S/c24-23(26)25(29)19-11-8-12-20(17-19)27-15-6-7-16-28-22-14-5-4-13-21(22)18-9-2-1-3-10-18/h1-5,8-14,17,29H,6-7,15-16H2,(H2,24,26). The van der Waals surface area contributed by atoms with Crippen molar-refractivity contribution >= 4 is 24.5 Å². The molecule has 3 aromatic rings. The SMILES string of the molecule is NC(=O)N(S)c1cccc(OCCCCOc2ccccc2-c2ccccc2)c1. The van der Waals surface area contributed by atoms with Crippen LogP contribution in [0.1, 0.15) is 12.8 Å². The molecule has 0 aromatic heterocycles. The summed E-state index contributed by atoms with van der Waals surface area (Å²) in [5.74, 6) is 1.55. The molecule has 0 aliphatic heterocycles. The van der Waals surface area contributed by atoms with Gasteiger partial charge in [-0.1, -0.05) is 67.4 Å². The van der Waals surface area contributed by atoms with Crippen molar-refractivity contribution in [1.82, 2.24) is 0 Å². The van der Waals surface area contributed by atoms with Crippen LogP contribution in [0.3, 0.4) is 0 Å². The minimum atomic E-state index is -0.640. The predicted octanol–water partition coefficient (Wildman–Crippen LogP) is 5.32. The molecular weight excluding hydrogens is 384 g/mol. The Hall–Kier alpha value is -3.12. The third-order valence-corrected chi connectivity index (χ3v) is 4.74. The first kappa shape index (κ1) is 20.6. The molecule has 0 aliphatic carbocycles. The lowest BCUT2D eigenvalue weighted by atomic mass is 10.1. The number of thiol groups is 1. The Labute approximate surface area is 176 Å². The number of hydrogen-bond acceptors (Lipinski definition) is 4. The molecule has 0 spiro atoms. The highest BCUT2D eigenvalue weighted by Gasteiger charge is 2.08. The largest absolute Gasteiger partial charge is 0.494 e. The van der Waals surface area contributed by atoms with Crippen molar-refractivity contribution in [3.63, 3.8) is 0 Å². The number of rotatable bonds is 9. The topological polar surface area (TPSA) is 64.8 Å². The second-order valence-electron chi connectivity index (χ2n) is 6.41. The highest BCUT2D eigenvalue weighted by atomic mass is 32.1. The zero-order chi connectivity index (χ0) is 20.5. The van der Waals surface area contributed by atoms with E-state index in [1.807, 2.05) is 42.5 Å². The van der Waals surface area contributed by atoms with Crippen LogP contribution in [0.5, 0.6) is 11.5 Å². The molecule has 0 aliphatic rings. The lowest BCUT2D eigenvalue weighted by Crippen LogP contribution is -2.27. The summed E-state index contributed by atoms with van der Waals surface area (Å²) in [6.07, 6.45) is 1.71. The molecule has 5 nitrogen and oxygen atoms in total. The van der Waals surface area contributed by atoms with E-state index in [0.717, 1.165) is 34.0 Å². The Bertz CT molecular complexity index is 934. The summed E-state index contributed by atoms with van der Waals surface area (Å²) in [5, 5.41) is 0. The molecule has 2 amide bonds. The number of benzene rings is 3. The number of carbonyl (C=O) groups is 1. The average molecular weight is 409 g/mol. The van der Waals surface area contributed by atoms with Crippen LogP contribution in [0.15, 0.2) is 78.9 Å². The molecule has 6 heteroatoms. The van der Waals surface area contributed by atoms with Crippen molar-refractivity contribution in [3.8, 4) is 22.6 Å². The zero-order valence-electron chi connectivity index (χ0n) is 16.0. The van der Waals surface area contributed by atoms with Gasteiger partial charge < -0.3 is 15.2 Å². The summed E-state index contributed by atoms with van der Waals surface area (Å²) in [5.41, 5.74) is 8.02. The first-order chi connectivity index (χ1) is 14.1. The number of primary amides is 1. The molecule has 0 heterocycles. The van der Waals surface area contributed by atoms with Gasteiger partial charge in [-0.15, -0.1) is 0 Å². The van der Waals surface area contributed by atoms with Gasteiger partial charge in [0.25, 0.3) is 0 Å². The number of nitrogens with zero attached hydrogens (tertiary/aromatic N) is 1. The van der Waals surface area contributed by atoms with Crippen molar-refractivity contribution in [3.05, 3.63) is 78.9 Å². The first-order valence-electron chi connectivity index (χ1n) is 9.44. The number of urea groups is 1. The second kappa shape index (κ2) is 10.4. The van der Waals surface area contributed by atoms with Crippen molar-refractivity contribution < 1.29 is 14.3 Å². The maximum Gasteiger partial charge on any atom is 0.329 e. The van der Waals surface area contributed by atoms with E-state index in [0.29, 0.717) is 24.7 Å². The summed E-state index contributed by atoms with van der Waals surface area (Å²) in [4.78, 5) is 11.2. The highest BCUT2D eigenvalue weighted by Crippen LogP contribution is 2.29. The normalized spacial score (nSPS) is 10.4. The minimum absolute atomic E-state index is 0.552. The average Bonchev–Trinajstić information content (AvgIpc) is 2.76. The van der Waals surface area contributed by atoms with Crippen molar-refractivity contribution in [2.45, 2.75) is 12.8 Å². The highest BCUT2D eigenvalue weighted by molar-refractivity contribution is 7.82. The van der Waals surface area contributed by atoms with Gasteiger partial charge in [0.2, 0.25) is 0 Å². The van der Waals surface area contributed by atoms with Crippen LogP contribution in [0.2, 0.25) is 0 Å². The molecule has 0 unspecified atom stereocenters. The summed E-state index contributed by atoms with van der Waals surface area (Å²) in [6.45, 7) is 1.16. The lowest BCUT2D eigenvalue weighted by Gasteiger charge is -2.14. The molecule has 0 saturated carbocycles. The van der Waals surface area contributed by atoms with Crippen molar-refractivity contribution in [2.75, 3.05) is 17.5 Å². The fourth-order valence-electron chi connectivity index (χ4n) is 2.86. The van der Waals surface area contributed by atoms with Gasteiger partial charge in [0.1, 0.15) is 11.5 Å². The van der Waals surface area contributed by atoms with E-state index in [1.54, 1.807) is 18.2 Å². The molecule has 0 bridgehead atoms. The third kappa shape index (κ3) is 5.93. The Morgan fingerprint density at radius 1 is 0.862 bits per heavy atom. The number of carbonyl (C=O) groups excluding carboxylic acids is 1. The summed E-state index contributed by atoms with van der Waals surface area (Å²) >= 11 is 4.05. The Balaban J connectivity index is 1.45. The number of amides is 2. The summed E-state index contributed by atoms with van der Waals surface area (Å²) in [6, 6.07) is 24.7. The number of ether oxygens (including phenoxy) is 2. The van der Waals surface area contributed by atoms with Crippen LogP contribution in [0, 0.1) is 0 Å². The molecule has 0 atom stereocenters. The van der Waals surface area contributed by atoms with Crippen LogP contribution in [0.25, 0.3) is 11.1 Å². The van der Waals surface area contributed by atoms with E-state index in [2.05, 4.69) is 31.0 Å². The van der Waals surface area contributed by atoms with Gasteiger partial charge in [-0.3, -0.25) is 0 Å². The second-order valence-corrected chi connectivity index (χ2v) is 6.81. The van der Waals surface area contributed by atoms with Crippen LogP contribution in [-0.4, -0.2) is 19.2 Å². The Kier molecular flexibility index (Phi) is 7.41. The van der Waals surface area contributed by atoms with Gasteiger partial charge in [-0.05, 0) is 36.6 Å². The van der Waals surface area contributed by atoms with Crippen LogP contribution >= 0.6 is 12.8 Å². The molecular formula is C23H24N2O3S. The number of hydrogen-bond donors (Lipinski definition) is 2. The monoisotopic (exact) mass is 408 g/mol. The van der Waals surface area contributed by atoms with Gasteiger partial charge in [0.05, 0.1) is 18.9 Å². The van der Waals surface area contributed by atoms with E-state index in [-0.39, 0.29) is 0 Å². The molecule has 2 N–H and O–H groups in total. The number of para-hydroxylation sites is 1. The van der Waals surface area contributed by atoms with Gasteiger partial charge in [0, 0.05) is 11.6 Å².